The molecule has 0 aliphatic heterocycles. The Morgan fingerprint density at radius 3 is 2.31 bits per heavy atom. The zero-order valence-electron chi connectivity index (χ0n) is 14.4. The van der Waals surface area contributed by atoms with Crippen LogP contribution >= 0.6 is 11.6 Å². The summed E-state index contributed by atoms with van der Waals surface area (Å²) in [5.41, 5.74) is 1.72. The summed E-state index contributed by atoms with van der Waals surface area (Å²) in [6.45, 7) is 3.41. The van der Waals surface area contributed by atoms with E-state index in [0.717, 1.165) is 11.2 Å². The number of furan rings is 2. The molecular weight excluding hydrogens is 360 g/mol. The van der Waals surface area contributed by atoms with Crippen molar-refractivity contribution in [3.63, 3.8) is 0 Å². The first-order valence-corrected chi connectivity index (χ1v) is 8.35. The zero-order valence-corrected chi connectivity index (χ0v) is 15.2. The quantitative estimate of drug-likeness (QED) is 0.527. The maximum absolute atomic E-state index is 11.5. The van der Waals surface area contributed by atoms with Crippen molar-refractivity contribution in [3.05, 3.63) is 53.1 Å². The molecule has 0 saturated heterocycles. The summed E-state index contributed by atoms with van der Waals surface area (Å²) in [6.07, 6.45) is 0. The molecule has 0 spiro atoms. The van der Waals surface area contributed by atoms with Gasteiger partial charge in [-0.25, -0.2) is 4.79 Å². The Morgan fingerprint density at radius 2 is 1.81 bits per heavy atom. The Kier molecular flexibility index (Phi) is 6.86. The first kappa shape index (κ1) is 19.6. The van der Waals surface area contributed by atoms with Crippen molar-refractivity contribution in [1.29, 1.82) is 0 Å². The minimum absolute atomic E-state index is 0.0103. The van der Waals surface area contributed by atoms with Crippen LogP contribution in [0.4, 0.5) is 0 Å². The van der Waals surface area contributed by atoms with Gasteiger partial charge in [-0.1, -0.05) is 37.6 Å². The molecule has 3 rings (SSSR count). The monoisotopic (exact) mass is 378 g/mol. The fourth-order valence-corrected chi connectivity index (χ4v) is 2.13. The van der Waals surface area contributed by atoms with E-state index in [-0.39, 0.29) is 36.4 Å². The Bertz CT molecular complexity index is 854. The predicted octanol–water partition coefficient (Wildman–Crippen LogP) is 4.27. The number of hydrogen-bond donors (Lipinski definition) is 1. The fraction of sp³-hybridized carbons (Fsp3) is 0.263. The van der Waals surface area contributed by atoms with Crippen LogP contribution in [-0.2, 0) is 14.3 Å². The average molecular weight is 379 g/mol. The standard InChI is InChI=1S/C13H16O5.C6H3ClO/c1-9(2)12(15)17-7-8-18-13(16)10-5-3-4-6-11(10)14;7-5-3-4-1-2-6(5)8-4/h3-6,9,14H,7-8H2,1-2H3;1-3H. The van der Waals surface area contributed by atoms with Crippen molar-refractivity contribution in [1.82, 2.24) is 0 Å². The first-order valence-electron chi connectivity index (χ1n) is 7.97. The lowest BCUT2D eigenvalue weighted by Gasteiger charge is -2.08. The van der Waals surface area contributed by atoms with Crippen molar-refractivity contribution < 1.29 is 28.6 Å². The molecule has 2 heterocycles. The maximum atomic E-state index is 11.5. The van der Waals surface area contributed by atoms with Gasteiger partial charge in [-0.2, -0.15) is 0 Å². The second-order valence-corrected chi connectivity index (χ2v) is 6.08. The van der Waals surface area contributed by atoms with E-state index in [1.165, 1.54) is 12.1 Å². The summed E-state index contributed by atoms with van der Waals surface area (Å²) in [7, 11) is 0. The zero-order chi connectivity index (χ0) is 19.1. The van der Waals surface area contributed by atoms with Crippen LogP contribution in [0.15, 0.2) is 46.9 Å². The van der Waals surface area contributed by atoms with Gasteiger partial charge in [0.1, 0.15) is 35.7 Å². The third kappa shape index (κ3) is 5.39. The number of hydrogen-bond acceptors (Lipinski definition) is 6. The van der Waals surface area contributed by atoms with Gasteiger partial charge in [0.15, 0.2) is 0 Å². The Hall–Kier alpha value is -2.73. The number of rotatable bonds is 5. The highest BCUT2D eigenvalue weighted by atomic mass is 35.5. The smallest absolute Gasteiger partial charge is 0.342 e. The van der Waals surface area contributed by atoms with Crippen LogP contribution in [-0.4, -0.2) is 30.3 Å². The molecule has 0 saturated carbocycles. The summed E-state index contributed by atoms with van der Waals surface area (Å²) in [6, 6.07) is 11.6. The second-order valence-electron chi connectivity index (χ2n) is 5.67. The Balaban J connectivity index is 0.000000247. The lowest BCUT2D eigenvalue weighted by molar-refractivity contribution is -0.148. The average Bonchev–Trinajstić information content (AvgIpc) is 3.21. The van der Waals surface area contributed by atoms with Crippen LogP contribution in [0.25, 0.3) is 11.2 Å². The molecule has 2 bridgehead atoms. The molecule has 26 heavy (non-hydrogen) atoms. The van der Waals surface area contributed by atoms with E-state index in [1.807, 2.05) is 12.1 Å². The van der Waals surface area contributed by atoms with Crippen LogP contribution < -0.4 is 0 Å². The molecule has 0 fully saturated rings. The van der Waals surface area contributed by atoms with Gasteiger partial charge in [-0.3, -0.25) is 4.79 Å². The highest BCUT2D eigenvalue weighted by molar-refractivity contribution is 6.34. The molecule has 0 amide bonds. The number of para-hydroxylation sites is 1. The number of ether oxygens (including phenoxy) is 2. The lowest BCUT2D eigenvalue weighted by atomic mass is 10.2. The number of halogens is 1. The number of fused-ring (bicyclic) bond motifs is 2. The van der Waals surface area contributed by atoms with Crippen LogP contribution in [0.2, 0.25) is 5.02 Å². The van der Waals surface area contributed by atoms with Crippen molar-refractivity contribution in [2.24, 2.45) is 5.92 Å². The molecule has 7 heteroatoms. The van der Waals surface area contributed by atoms with Gasteiger partial charge in [0.2, 0.25) is 0 Å². The molecule has 3 aromatic rings. The minimum Gasteiger partial charge on any atom is -0.507 e. The van der Waals surface area contributed by atoms with Crippen LogP contribution in [0.3, 0.4) is 0 Å². The number of phenolic OH excluding ortho intramolecular Hbond substituents is 1. The normalized spacial score (nSPS) is 10.5. The van der Waals surface area contributed by atoms with Crippen molar-refractivity contribution in [2.45, 2.75) is 13.8 Å². The van der Waals surface area contributed by atoms with Crippen LogP contribution in [0, 0.1) is 5.92 Å². The van der Waals surface area contributed by atoms with Crippen molar-refractivity contribution >= 4 is 34.7 Å². The van der Waals surface area contributed by atoms with Crippen molar-refractivity contribution in [3.8, 4) is 5.75 Å². The van der Waals surface area contributed by atoms with E-state index in [9.17, 15) is 14.7 Å². The van der Waals surface area contributed by atoms with E-state index in [1.54, 1.807) is 32.0 Å². The predicted molar refractivity (Wildman–Crippen MR) is 96.6 cm³/mol. The van der Waals surface area contributed by atoms with Gasteiger partial charge in [-0.05, 0) is 24.3 Å². The highest BCUT2D eigenvalue weighted by Gasteiger charge is 2.12. The summed E-state index contributed by atoms with van der Waals surface area (Å²) in [4.78, 5) is 22.6. The van der Waals surface area contributed by atoms with Crippen molar-refractivity contribution in [2.75, 3.05) is 13.2 Å². The molecular formula is C19H19ClO6. The van der Waals surface area contributed by atoms with Gasteiger partial charge >= 0.3 is 11.9 Å². The number of benzene rings is 2. The molecule has 0 radical (unpaired) electrons. The molecule has 0 unspecified atom stereocenters. The van der Waals surface area contributed by atoms with Gasteiger partial charge in [0.05, 0.1) is 10.9 Å². The first-order chi connectivity index (χ1) is 12.4. The Labute approximate surface area is 155 Å². The number of carbonyl (C=O) groups is 2. The van der Waals surface area contributed by atoms with Gasteiger partial charge in [-0.15, -0.1) is 0 Å². The number of aromatic hydroxyl groups is 1. The van der Waals surface area contributed by atoms with Gasteiger partial charge in [0.25, 0.3) is 0 Å². The third-order valence-electron chi connectivity index (χ3n) is 3.29. The van der Waals surface area contributed by atoms with Crippen LogP contribution in [0.5, 0.6) is 5.75 Å². The molecule has 0 aliphatic rings. The molecule has 1 N–H and O–H groups in total. The molecule has 2 aromatic heterocycles. The minimum atomic E-state index is -0.645. The summed E-state index contributed by atoms with van der Waals surface area (Å²) in [5.74, 6) is -1.33. The summed E-state index contributed by atoms with van der Waals surface area (Å²) < 4.78 is 14.8. The Morgan fingerprint density at radius 1 is 1.12 bits per heavy atom. The van der Waals surface area contributed by atoms with Gasteiger partial charge in [0, 0.05) is 6.07 Å². The largest absolute Gasteiger partial charge is 0.507 e. The van der Waals surface area contributed by atoms with Gasteiger partial charge < -0.3 is 19.0 Å². The number of carbonyl (C=O) groups excluding carboxylic acids is 2. The van der Waals surface area contributed by atoms with E-state index in [0.29, 0.717) is 5.02 Å². The second kappa shape index (κ2) is 9.10. The third-order valence-corrected chi connectivity index (χ3v) is 3.58. The highest BCUT2D eigenvalue weighted by Crippen LogP contribution is 2.25. The lowest BCUT2D eigenvalue weighted by Crippen LogP contribution is -2.17. The molecule has 1 aromatic carbocycles. The van der Waals surface area contributed by atoms with Crippen LogP contribution in [0.1, 0.15) is 24.2 Å². The SMILES string of the molecule is CC(C)C(=O)OCCOC(=O)c1ccccc1O.Clc1cc2ccc1o2. The molecule has 6 nitrogen and oxygen atoms in total. The van der Waals surface area contributed by atoms with E-state index in [2.05, 4.69) is 0 Å². The maximum Gasteiger partial charge on any atom is 0.342 e. The topological polar surface area (TPSA) is 86.0 Å². The van der Waals surface area contributed by atoms with E-state index < -0.39 is 5.97 Å². The van der Waals surface area contributed by atoms with E-state index in [4.69, 9.17) is 25.5 Å². The summed E-state index contributed by atoms with van der Waals surface area (Å²) >= 11 is 5.64. The molecule has 0 aliphatic carbocycles. The number of esters is 2. The molecule has 138 valence electrons. The molecule has 0 atom stereocenters. The fourth-order valence-electron chi connectivity index (χ4n) is 1.92. The number of phenols is 1. The van der Waals surface area contributed by atoms with E-state index >= 15 is 0 Å². The summed E-state index contributed by atoms with van der Waals surface area (Å²) in [5, 5.41) is 10.1.